The van der Waals surface area contributed by atoms with Gasteiger partial charge in [-0.25, -0.2) is 0 Å². The number of aliphatic hydroxyl groups is 1. The molecule has 1 N–H and O–H groups in total. The average molecular weight is 265 g/mol. The highest BCUT2D eigenvalue weighted by Gasteiger charge is 1.98. The third-order valence-electron chi connectivity index (χ3n) is 3.32. The maximum absolute atomic E-state index is 9.35. The maximum atomic E-state index is 9.35. The van der Waals surface area contributed by atoms with Crippen LogP contribution in [0.3, 0.4) is 0 Å². The van der Waals surface area contributed by atoms with Gasteiger partial charge in [-0.05, 0) is 44.9 Å². The Balaban J connectivity index is 3.21. The zero-order valence-electron chi connectivity index (χ0n) is 12.8. The molecule has 1 heteroatoms. The van der Waals surface area contributed by atoms with Crippen molar-refractivity contribution in [2.45, 2.75) is 83.7 Å². The van der Waals surface area contributed by atoms with Crippen LogP contribution in [-0.2, 0) is 0 Å². The predicted molar refractivity (Wildman–Crippen MR) is 86.1 cm³/mol. The van der Waals surface area contributed by atoms with Crippen LogP contribution in [-0.4, -0.2) is 11.2 Å². The number of hydrogen-bond acceptors (Lipinski definition) is 1. The summed E-state index contributed by atoms with van der Waals surface area (Å²) in [7, 11) is 0. The lowest BCUT2D eigenvalue weighted by atomic mass is 10.1. The number of aliphatic hydroxyl groups excluding tert-OH is 1. The van der Waals surface area contributed by atoms with Crippen LogP contribution in [0.2, 0.25) is 0 Å². The molecule has 1 unspecified atom stereocenters. The molecule has 0 amide bonds. The third-order valence-corrected chi connectivity index (χ3v) is 3.32. The van der Waals surface area contributed by atoms with Gasteiger partial charge in [0.2, 0.25) is 0 Å². The molecule has 1 radical (unpaired) electrons. The quantitative estimate of drug-likeness (QED) is 0.339. The van der Waals surface area contributed by atoms with E-state index in [1.165, 1.54) is 44.9 Å². The fraction of sp³-hybridized carbons (Fsp3) is 0.722. The summed E-state index contributed by atoms with van der Waals surface area (Å²) in [6.45, 7) is 5.94. The van der Waals surface area contributed by atoms with Gasteiger partial charge in [-0.15, -0.1) is 0 Å². The van der Waals surface area contributed by atoms with Gasteiger partial charge < -0.3 is 5.11 Å². The van der Waals surface area contributed by atoms with Crippen LogP contribution in [0.15, 0.2) is 24.3 Å². The zero-order valence-corrected chi connectivity index (χ0v) is 12.8. The first-order valence-electron chi connectivity index (χ1n) is 8.08. The Morgan fingerprint density at radius 3 is 2.11 bits per heavy atom. The molecule has 0 saturated carbocycles. The molecule has 19 heavy (non-hydrogen) atoms. The Hall–Kier alpha value is -0.560. The van der Waals surface area contributed by atoms with E-state index in [2.05, 4.69) is 38.2 Å². The first-order valence-corrected chi connectivity index (χ1v) is 8.08. The Bertz CT molecular complexity index is 218. The van der Waals surface area contributed by atoms with Crippen molar-refractivity contribution in [1.82, 2.24) is 0 Å². The Kier molecular flexibility index (Phi) is 15.0. The number of rotatable bonds is 13. The fourth-order valence-corrected chi connectivity index (χ4v) is 1.98. The van der Waals surface area contributed by atoms with Gasteiger partial charge in [-0.3, -0.25) is 0 Å². The van der Waals surface area contributed by atoms with Crippen molar-refractivity contribution in [1.29, 1.82) is 0 Å². The van der Waals surface area contributed by atoms with Gasteiger partial charge in [0, 0.05) is 0 Å². The SMILES string of the molecule is [CH2]CC(O)CCCCC/C=C\C/C=C\CCCCC. The summed E-state index contributed by atoms with van der Waals surface area (Å²) in [6.07, 6.45) is 21.5. The maximum Gasteiger partial charge on any atom is 0.0540 e. The minimum Gasteiger partial charge on any atom is -0.393 e. The third kappa shape index (κ3) is 15.4. The van der Waals surface area contributed by atoms with Gasteiger partial charge in [0.25, 0.3) is 0 Å². The van der Waals surface area contributed by atoms with E-state index in [-0.39, 0.29) is 6.10 Å². The van der Waals surface area contributed by atoms with Crippen LogP contribution < -0.4 is 0 Å². The standard InChI is InChI=1S/C18H33O/c1-3-5-6-7-8-9-10-11-12-13-14-15-16-17-18(19)4-2/h8-9,11-12,18-19H,2-7,10,13-17H2,1H3/b9-8-,12-11-. The van der Waals surface area contributed by atoms with E-state index in [4.69, 9.17) is 0 Å². The predicted octanol–water partition coefficient (Wildman–Crippen LogP) is 5.60. The molecule has 0 bridgehead atoms. The van der Waals surface area contributed by atoms with Crippen LogP contribution in [0.1, 0.15) is 77.6 Å². The van der Waals surface area contributed by atoms with Crippen LogP contribution >= 0.6 is 0 Å². The number of hydrogen-bond donors (Lipinski definition) is 1. The molecule has 0 aliphatic rings. The lowest BCUT2D eigenvalue weighted by Gasteiger charge is -2.05. The molecular weight excluding hydrogens is 232 g/mol. The second-order valence-corrected chi connectivity index (χ2v) is 5.25. The highest BCUT2D eigenvalue weighted by Crippen LogP contribution is 2.08. The largest absolute Gasteiger partial charge is 0.393 e. The molecule has 111 valence electrons. The van der Waals surface area contributed by atoms with E-state index in [9.17, 15) is 5.11 Å². The smallest absolute Gasteiger partial charge is 0.0540 e. The van der Waals surface area contributed by atoms with E-state index in [1.807, 2.05) is 0 Å². The van der Waals surface area contributed by atoms with Gasteiger partial charge in [0.05, 0.1) is 6.10 Å². The summed E-state index contributed by atoms with van der Waals surface area (Å²) >= 11 is 0. The minimum atomic E-state index is -0.187. The summed E-state index contributed by atoms with van der Waals surface area (Å²) in [5.74, 6) is 0. The average Bonchev–Trinajstić information content (AvgIpc) is 2.43. The highest BCUT2D eigenvalue weighted by atomic mass is 16.3. The molecule has 0 aliphatic heterocycles. The second-order valence-electron chi connectivity index (χ2n) is 5.25. The summed E-state index contributed by atoms with van der Waals surface area (Å²) in [5, 5.41) is 9.35. The molecule has 1 atom stereocenters. The van der Waals surface area contributed by atoms with Crippen molar-refractivity contribution < 1.29 is 5.11 Å². The van der Waals surface area contributed by atoms with Gasteiger partial charge in [0.15, 0.2) is 0 Å². The Morgan fingerprint density at radius 1 is 0.895 bits per heavy atom. The van der Waals surface area contributed by atoms with Crippen molar-refractivity contribution in [2.75, 3.05) is 0 Å². The van der Waals surface area contributed by atoms with Crippen molar-refractivity contribution in [2.24, 2.45) is 0 Å². The normalized spacial score (nSPS) is 13.6. The van der Waals surface area contributed by atoms with Gasteiger partial charge in [0.1, 0.15) is 0 Å². The van der Waals surface area contributed by atoms with Crippen LogP contribution in [0, 0.1) is 6.92 Å². The van der Waals surface area contributed by atoms with E-state index in [1.54, 1.807) is 0 Å². The first kappa shape index (κ1) is 18.4. The molecule has 0 rings (SSSR count). The van der Waals surface area contributed by atoms with Crippen molar-refractivity contribution >= 4 is 0 Å². The van der Waals surface area contributed by atoms with E-state index in [0.29, 0.717) is 6.42 Å². The van der Waals surface area contributed by atoms with Gasteiger partial charge in [-0.2, -0.15) is 0 Å². The fourth-order valence-electron chi connectivity index (χ4n) is 1.98. The monoisotopic (exact) mass is 265 g/mol. The molecule has 0 aliphatic carbocycles. The number of allylic oxidation sites excluding steroid dienone is 4. The van der Waals surface area contributed by atoms with Crippen molar-refractivity contribution in [3.63, 3.8) is 0 Å². The summed E-state index contributed by atoms with van der Waals surface area (Å²) in [4.78, 5) is 0. The van der Waals surface area contributed by atoms with Crippen molar-refractivity contribution in [3.8, 4) is 0 Å². The molecule has 0 aromatic rings. The lowest BCUT2D eigenvalue weighted by Crippen LogP contribution is -2.03. The van der Waals surface area contributed by atoms with Crippen LogP contribution in [0.5, 0.6) is 0 Å². The van der Waals surface area contributed by atoms with E-state index in [0.717, 1.165) is 19.3 Å². The Labute approximate surface area is 120 Å². The summed E-state index contributed by atoms with van der Waals surface area (Å²) in [6, 6.07) is 0. The molecular formula is C18H33O. The van der Waals surface area contributed by atoms with Crippen LogP contribution in [0.25, 0.3) is 0 Å². The van der Waals surface area contributed by atoms with E-state index < -0.39 is 0 Å². The number of unbranched alkanes of at least 4 members (excludes halogenated alkanes) is 6. The Morgan fingerprint density at radius 2 is 1.53 bits per heavy atom. The van der Waals surface area contributed by atoms with Gasteiger partial charge >= 0.3 is 0 Å². The summed E-state index contributed by atoms with van der Waals surface area (Å²) < 4.78 is 0. The van der Waals surface area contributed by atoms with E-state index >= 15 is 0 Å². The van der Waals surface area contributed by atoms with Crippen LogP contribution in [0.4, 0.5) is 0 Å². The molecule has 0 fully saturated rings. The zero-order chi connectivity index (χ0) is 14.2. The molecule has 0 saturated heterocycles. The van der Waals surface area contributed by atoms with Gasteiger partial charge in [-0.1, -0.05) is 63.8 Å². The summed E-state index contributed by atoms with van der Waals surface area (Å²) in [5.41, 5.74) is 0. The highest BCUT2D eigenvalue weighted by molar-refractivity contribution is 4.92. The first-order chi connectivity index (χ1) is 9.31. The molecule has 0 aromatic heterocycles. The molecule has 0 aromatic carbocycles. The lowest BCUT2D eigenvalue weighted by molar-refractivity contribution is 0.163. The minimum absolute atomic E-state index is 0.187. The molecule has 0 heterocycles. The second kappa shape index (κ2) is 15.5. The topological polar surface area (TPSA) is 20.2 Å². The van der Waals surface area contributed by atoms with Crippen molar-refractivity contribution in [3.05, 3.63) is 31.2 Å². The molecule has 0 spiro atoms. The molecule has 1 nitrogen and oxygen atoms in total.